The van der Waals surface area contributed by atoms with Crippen molar-refractivity contribution in [1.82, 2.24) is 5.32 Å². The van der Waals surface area contributed by atoms with E-state index in [1.54, 1.807) is 13.4 Å². The molecular weight excluding hydrogens is 250 g/mol. The molecule has 20 heavy (non-hydrogen) atoms. The van der Waals surface area contributed by atoms with Crippen LogP contribution in [0.3, 0.4) is 0 Å². The fraction of sp³-hybridized carbons (Fsp3) is 0.412. The lowest BCUT2D eigenvalue weighted by molar-refractivity contribution is 0.365. The minimum absolute atomic E-state index is 0.252. The topological polar surface area (TPSA) is 34.4 Å². The Kier molecular flexibility index (Phi) is 3.79. The number of methoxy groups -OCH3 is 1. The minimum Gasteiger partial charge on any atom is -0.497 e. The number of rotatable bonds is 4. The van der Waals surface area contributed by atoms with Gasteiger partial charge in [0.05, 0.1) is 19.4 Å². The van der Waals surface area contributed by atoms with Gasteiger partial charge in [-0.2, -0.15) is 0 Å². The van der Waals surface area contributed by atoms with Crippen molar-refractivity contribution >= 4 is 0 Å². The second-order valence-corrected chi connectivity index (χ2v) is 5.48. The molecule has 3 rings (SSSR count). The van der Waals surface area contributed by atoms with E-state index in [1.165, 1.54) is 17.5 Å². The van der Waals surface area contributed by atoms with Crippen molar-refractivity contribution in [3.05, 3.63) is 53.5 Å². The van der Waals surface area contributed by atoms with Crippen molar-refractivity contribution in [1.29, 1.82) is 0 Å². The lowest BCUT2D eigenvalue weighted by Crippen LogP contribution is -2.36. The van der Waals surface area contributed by atoms with Gasteiger partial charge in [-0.1, -0.05) is 6.07 Å². The van der Waals surface area contributed by atoms with E-state index in [9.17, 15) is 0 Å². The van der Waals surface area contributed by atoms with Crippen molar-refractivity contribution < 1.29 is 9.15 Å². The molecule has 2 unspecified atom stereocenters. The Hall–Kier alpha value is -1.74. The van der Waals surface area contributed by atoms with E-state index in [1.807, 2.05) is 12.1 Å². The van der Waals surface area contributed by atoms with Crippen LogP contribution in [0, 0.1) is 0 Å². The molecule has 1 aromatic carbocycles. The number of aryl methyl sites for hydroxylation is 1. The SMILES string of the molecule is COc1ccc2c(c1)CC(NC(C)c1ccco1)CC2. The van der Waals surface area contributed by atoms with Crippen LogP contribution in [0.15, 0.2) is 41.0 Å². The van der Waals surface area contributed by atoms with Gasteiger partial charge in [-0.05, 0) is 61.6 Å². The van der Waals surface area contributed by atoms with Gasteiger partial charge in [0.2, 0.25) is 0 Å². The molecule has 2 aromatic rings. The average Bonchev–Trinajstić information content (AvgIpc) is 3.00. The molecule has 0 radical (unpaired) electrons. The summed E-state index contributed by atoms with van der Waals surface area (Å²) < 4.78 is 10.8. The molecule has 0 spiro atoms. The molecule has 1 aliphatic rings. The van der Waals surface area contributed by atoms with Gasteiger partial charge in [-0.25, -0.2) is 0 Å². The molecule has 2 atom stereocenters. The number of benzene rings is 1. The van der Waals surface area contributed by atoms with Crippen molar-refractivity contribution in [2.24, 2.45) is 0 Å². The number of hydrogen-bond donors (Lipinski definition) is 1. The first-order valence-electron chi connectivity index (χ1n) is 7.21. The van der Waals surface area contributed by atoms with Crippen molar-refractivity contribution in [3.8, 4) is 5.75 Å². The first-order chi connectivity index (χ1) is 9.76. The zero-order chi connectivity index (χ0) is 13.9. The lowest BCUT2D eigenvalue weighted by Gasteiger charge is -2.28. The van der Waals surface area contributed by atoms with E-state index < -0.39 is 0 Å². The highest BCUT2D eigenvalue weighted by Crippen LogP contribution is 2.27. The van der Waals surface area contributed by atoms with Crippen LogP contribution in [0.5, 0.6) is 5.75 Å². The van der Waals surface area contributed by atoms with Crippen LogP contribution in [-0.2, 0) is 12.8 Å². The lowest BCUT2D eigenvalue weighted by atomic mass is 9.87. The molecule has 0 aliphatic heterocycles. The molecule has 3 heteroatoms. The fourth-order valence-corrected chi connectivity index (χ4v) is 2.98. The smallest absolute Gasteiger partial charge is 0.120 e. The molecule has 0 bridgehead atoms. The summed E-state index contributed by atoms with van der Waals surface area (Å²) >= 11 is 0. The predicted octanol–water partition coefficient (Wildman–Crippen LogP) is 3.50. The summed E-state index contributed by atoms with van der Waals surface area (Å²) in [5, 5.41) is 3.67. The Balaban J connectivity index is 1.68. The third-order valence-electron chi connectivity index (χ3n) is 4.10. The van der Waals surface area contributed by atoms with Crippen LogP contribution in [0.1, 0.15) is 36.3 Å². The van der Waals surface area contributed by atoms with Crippen LogP contribution in [0.25, 0.3) is 0 Å². The monoisotopic (exact) mass is 271 g/mol. The molecule has 3 nitrogen and oxygen atoms in total. The molecule has 1 heterocycles. The molecule has 0 saturated carbocycles. The molecule has 0 amide bonds. The number of hydrogen-bond acceptors (Lipinski definition) is 3. The Morgan fingerprint density at radius 1 is 1.30 bits per heavy atom. The third-order valence-corrected chi connectivity index (χ3v) is 4.10. The highest BCUT2D eigenvalue weighted by atomic mass is 16.5. The van der Waals surface area contributed by atoms with Gasteiger partial charge >= 0.3 is 0 Å². The van der Waals surface area contributed by atoms with Gasteiger partial charge in [0.25, 0.3) is 0 Å². The van der Waals surface area contributed by atoms with E-state index in [0.29, 0.717) is 6.04 Å². The second-order valence-electron chi connectivity index (χ2n) is 5.48. The van der Waals surface area contributed by atoms with Crippen molar-refractivity contribution in [2.45, 2.75) is 38.3 Å². The second kappa shape index (κ2) is 5.71. The minimum atomic E-state index is 0.252. The third kappa shape index (κ3) is 2.73. The van der Waals surface area contributed by atoms with Crippen LogP contribution in [0.2, 0.25) is 0 Å². The zero-order valence-corrected chi connectivity index (χ0v) is 12.1. The van der Waals surface area contributed by atoms with Gasteiger partial charge in [0, 0.05) is 6.04 Å². The van der Waals surface area contributed by atoms with Gasteiger partial charge in [0.15, 0.2) is 0 Å². The maximum absolute atomic E-state index is 5.46. The van der Waals surface area contributed by atoms with Gasteiger partial charge in [0.1, 0.15) is 11.5 Å². The maximum atomic E-state index is 5.46. The van der Waals surface area contributed by atoms with Crippen molar-refractivity contribution in [3.63, 3.8) is 0 Å². The summed E-state index contributed by atoms with van der Waals surface area (Å²) in [4.78, 5) is 0. The maximum Gasteiger partial charge on any atom is 0.120 e. The molecular formula is C17H21NO2. The Morgan fingerprint density at radius 3 is 2.95 bits per heavy atom. The van der Waals surface area contributed by atoms with Crippen LogP contribution in [-0.4, -0.2) is 13.2 Å². The summed E-state index contributed by atoms with van der Waals surface area (Å²) in [5.74, 6) is 1.95. The van der Waals surface area contributed by atoms with E-state index in [0.717, 1.165) is 24.4 Å². The predicted molar refractivity (Wildman–Crippen MR) is 79.1 cm³/mol. The van der Waals surface area contributed by atoms with Gasteiger partial charge in [-0.3, -0.25) is 0 Å². The van der Waals surface area contributed by atoms with Crippen LogP contribution >= 0.6 is 0 Å². The Morgan fingerprint density at radius 2 is 2.20 bits per heavy atom. The first-order valence-corrected chi connectivity index (χ1v) is 7.21. The summed E-state index contributed by atoms with van der Waals surface area (Å²) in [6.07, 6.45) is 5.08. The summed E-state index contributed by atoms with van der Waals surface area (Å²) in [6.45, 7) is 2.15. The number of furan rings is 1. The molecule has 0 saturated heterocycles. The highest BCUT2D eigenvalue weighted by Gasteiger charge is 2.21. The van der Waals surface area contributed by atoms with Gasteiger partial charge in [-0.15, -0.1) is 0 Å². The quantitative estimate of drug-likeness (QED) is 0.924. The average molecular weight is 271 g/mol. The Labute approximate surface area is 119 Å². The summed E-state index contributed by atoms with van der Waals surface area (Å²) in [5.41, 5.74) is 2.86. The van der Waals surface area contributed by atoms with E-state index in [4.69, 9.17) is 9.15 Å². The fourth-order valence-electron chi connectivity index (χ4n) is 2.98. The summed E-state index contributed by atoms with van der Waals surface area (Å²) in [6, 6.07) is 11.1. The standard InChI is InChI=1S/C17H21NO2/c1-12(17-4-3-9-20-17)18-15-7-5-13-6-8-16(19-2)11-14(13)10-15/h3-4,6,8-9,11-12,15,18H,5,7,10H2,1-2H3. The van der Waals surface area contributed by atoms with E-state index >= 15 is 0 Å². The Bertz CT molecular complexity index is 562. The molecule has 1 N–H and O–H groups in total. The molecule has 0 fully saturated rings. The summed E-state index contributed by atoms with van der Waals surface area (Å²) in [7, 11) is 1.72. The van der Waals surface area contributed by atoms with Crippen LogP contribution < -0.4 is 10.1 Å². The molecule has 1 aliphatic carbocycles. The van der Waals surface area contributed by atoms with Crippen molar-refractivity contribution in [2.75, 3.05) is 7.11 Å². The molecule has 1 aromatic heterocycles. The number of fused-ring (bicyclic) bond motifs is 1. The largest absolute Gasteiger partial charge is 0.497 e. The number of ether oxygens (including phenoxy) is 1. The van der Waals surface area contributed by atoms with Crippen LogP contribution in [0.4, 0.5) is 0 Å². The van der Waals surface area contributed by atoms with E-state index in [-0.39, 0.29) is 6.04 Å². The van der Waals surface area contributed by atoms with Gasteiger partial charge < -0.3 is 14.5 Å². The zero-order valence-electron chi connectivity index (χ0n) is 12.1. The number of nitrogens with one attached hydrogen (secondary N) is 1. The first kappa shape index (κ1) is 13.3. The normalized spacial score (nSPS) is 19.4. The van der Waals surface area contributed by atoms with E-state index in [2.05, 4.69) is 30.4 Å². The molecule has 106 valence electrons. The highest BCUT2D eigenvalue weighted by molar-refractivity contribution is 5.38.